The summed E-state index contributed by atoms with van der Waals surface area (Å²) in [7, 11) is 0. The lowest BCUT2D eigenvalue weighted by Gasteiger charge is -2.29. The molecule has 1 aliphatic rings. The maximum absolute atomic E-state index is 12.8. The van der Waals surface area contributed by atoms with Gasteiger partial charge in [-0.25, -0.2) is 0 Å². The van der Waals surface area contributed by atoms with Crippen molar-refractivity contribution in [2.75, 3.05) is 17.7 Å². The van der Waals surface area contributed by atoms with Crippen LogP contribution in [0.3, 0.4) is 0 Å². The van der Waals surface area contributed by atoms with Gasteiger partial charge in [0.2, 0.25) is 0 Å². The van der Waals surface area contributed by atoms with E-state index in [1.165, 1.54) is 11.1 Å². The van der Waals surface area contributed by atoms with Crippen molar-refractivity contribution in [2.45, 2.75) is 18.6 Å². The number of carbonyl (C=O) groups is 1. The summed E-state index contributed by atoms with van der Waals surface area (Å²) < 4.78 is 1.07. The third kappa shape index (κ3) is 3.23. The summed E-state index contributed by atoms with van der Waals surface area (Å²) in [5, 5.41) is 0. The lowest BCUT2D eigenvalue weighted by molar-refractivity contribution is 0.0985. The molecule has 0 saturated carbocycles. The molecule has 0 bridgehead atoms. The van der Waals surface area contributed by atoms with E-state index in [0.29, 0.717) is 0 Å². The van der Waals surface area contributed by atoms with Crippen molar-refractivity contribution < 1.29 is 4.79 Å². The van der Waals surface area contributed by atoms with Gasteiger partial charge in [0.15, 0.2) is 0 Å². The standard InChI is InChI=1S/C18H18BrNOS/c1-22-12-13-4-6-14(7-5-13)18(21)20-10-2-3-15-11-16(19)8-9-17(15)20/h4-9,11H,2-3,10,12H2,1H3. The number of amides is 1. The number of thioether (sulfide) groups is 1. The largest absolute Gasteiger partial charge is 0.308 e. The zero-order valence-electron chi connectivity index (χ0n) is 12.5. The molecule has 4 heteroatoms. The van der Waals surface area contributed by atoms with Crippen LogP contribution in [-0.4, -0.2) is 18.7 Å². The van der Waals surface area contributed by atoms with E-state index in [0.717, 1.165) is 40.9 Å². The van der Waals surface area contributed by atoms with Crippen molar-refractivity contribution in [1.29, 1.82) is 0 Å². The van der Waals surface area contributed by atoms with Gasteiger partial charge < -0.3 is 4.90 Å². The highest BCUT2D eigenvalue weighted by atomic mass is 79.9. The Labute approximate surface area is 144 Å². The first-order chi connectivity index (χ1) is 10.7. The van der Waals surface area contributed by atoms with Crippen LogP contribution in [-0.2, 0) is 12.2 Å². The Bertz CT molecular complexity index is 684. The average Bonchev–Trinajstić information content (AvgIpc) is 2.54. The van der Waals surface area contributed by atoms with Gasteiger partial charge >= 0.3 is 0 Å². The van der Waals surface area contributed by atoms with Crippen molar-refractivity contribution >= 4 is 39.3 Å². The molecule has 0 aliphatic carbocycles. The monoisotopic (exact) mass is 375 g/mol. The number of nitrogens with zero attached hydrogens (tertiary/aromatic N) is 1. The first-order valence-electron chi connectivity index (χ1n) is 7.37. The first-order valence-corrected chi connectivity index (χ1v) is 9.56. The number of anilines is 1. The minimum Gasteiger partial charge on any atom is -0.308 e. The number of aryl methyl sites for hydroxylation is 1. The van der Waals surface area contributed by atoms with Crippen molar-refractivity contribution in [1.82, 2.24) is 0 Å². The van der Waals surface area contributed by atoms with Crippen LogP contribution >= 0.6 is 27.7 Å². The number of halogens is 1. The highest BCUT2D eigenvalue weighted by molar-refractivity contribution is 9.10. The van der Waals surface area contributed by atoms with Crippen LogP contribution in [0.1, 0.15) is 27.9 Å². The molecule has 2 aromatic carbocycles. The molecule has 22 heavy (non-hydrogen) atoms. The second-order valence-corrected chi connectivity index (χ2v) is 7.25. The molecule has 2 nitrogen and oxygen atoms in total. The van der Waals surface area contributed by atoms with E-state index in [9.17, 15) is 4.79 Å². The molecule has 1 amide bonds. The van der Waals surface area contributed by atoms with E-state index in [1.54, 1.807) is 11.8 Å². The first kappa shape index (κ1) is 15.6. The van der Waals surface area contributed by atoms with Gasteiger partial charge in [0, 0.05) is 28.0 Å². The molecule has 3 rings (SSSR count). The van der Waals surface area contributed by atoms with Gasteiger partial charge in [0.25, 0.3) is 5.91 Å². The molecule has 0 spiro atoms. The zero-order valence-corrected chi connectivity index (χ0v) is 14.9. The second kappa shape index (κ2) is 6.88. The molecule has 0 aromatic heterocycles. The number of hydrogen-bond acceptors (Lipinski definition) is 2. The minimum atomic E-state index is 0.0963. The average molecular weight is 376 g/mol. The Balaban J connectivity index is 1.87. The second-order valence-electron chi connectivity index (χ2n) is 5.46. The van der Waals surface area contributed by atoms with E-state index in [-0.39, 0.29) is 5.91 Å². The maximum Gasteiger partial charge on any atom is 0.258 e. The molecule has 2 aromatic rings. The van der Waals surface area contributed by atoms with Gasteiger partial charge in [0.1, 0.15) is 0 Å². The molecular formula is C18H18BrNOS. The predicted octanol–water partition coefficient (Wildman–Crippen LogP) is 4.91. The third-order valence-corrected chi connectivity index (χ3v) is 5.03. The Morgan fingerprint density at radius 3 is 2.73 bits per heavy atom. The highest BCUT2D eigenvalue weighted by Crippen LogP contribution is 2.30. The van der Waals surface area contributed by atoms with Crippen molar-refractivity contribution in [2.24, 2.45) is 0 Å². The van der Waals surface area contributed by atoms with Gasteiger partial charge in [-0.15, -0.1) is 0 Å². The van der Waals surface area contributed by atoms with E-state index >= 15 is 0 Å². The Morgan fingerprint density at radius 2 is 2.00 bits per heavy atom. The van der Waals surface area contributed by atoms with Crippen LogP contribution in [0.5, 0.6) is 0 Å². The molecule has 0 atom stereocenters. The van der Waals surface area contributed by atoms with Crippen molar-refractivity contribution in [3.05, 3.63) is 63.6 Å². The number of hydrogen-bond donors (Lipinski definition) is 0. The summed E-state index contributed by atoms with van der Waals surface area (Å²) in [6.07, 6.45) is 4.13. The molecule has 0 N–H and O–H groups in total. The number of fused-ring (bicyclic) bond motifs is 1. The summed E-state index contributed by atoms with van der Waals surface area (Å²) in [4.78, 5) is 14.7. The Hall–Kier alpha value is -1.26. The Kier molecular flexibility index (Phi) is 4.89. The highest BCUT2D eigenvalue weighted by Gasteiger charge is 2.23. The summed E-state index contributed by atoms with van der Waals surface area (Å²) in [6.45, 7) is 0.792. The van der Waals surface area contributed by atoms with E-state index < -0.39 is 0 Å². The van der Waals surface area contributed by atoms with Crippen LogP contribution < -0.4 is 4.90 Å². The zero-order chi connectivity index (χ0) is 15.5. The molecule has 114 valence electrons. The van der Waals surface area contributed by atoms with Gasteiger partial charge in [-0.05, 0) is 60.6 Å². The minimum absolute atomic E-state index is 0.0963. The van der Waals surface area contributed by atoms with Crippen LogP contribution in [0.15, 0.2) is 46.9 Å². The number of carbonyl (C=O) groups excluding carboxylic acids is 1. The molecule has 0 unspecified atom stereocenters. The van der Waals surface area contributed by atoms with Crippen molar-refractivity contribution in [3.63, 3.8) is 0 Å². The molecular weight excluding hydrogens is 358 g/mol. The summed E-state index contributed by atoms with van der Waals surface area (Å²) >= 11 is 5.30. The lowest BCUT2D eigenvalue weighted by atomic mass is 10.0. The van der Waals surface area contributed by atoms with E-state index in [2.05, 4.69) is 40.4 Å². The SMILES string of the molecule is CSCc1ccc(C(=O)N2CCCc3cc(Br)ccc32)cc1. The number of rotatable bonds is 3. The van der Waals surface area contributed by atoms with Gasteiger partial charge in [-0.3, -0.25) is 4.79 Å². The molecule has 0 fully saturated rings. The molecule has 0 saturated heterocycles. The Morgan fingerprint density at radius 1 is 1.23 bits per heavy atom. The fourth-order valence-electron chi connectivity index (χ4n) is 2.84. The fraction of sp³-hybridized carbons (Fsp3) is 0.278. The molecule has 0 radical (unpaired) electrons. The lowest BCUT2D eigenvalue weighted by Crippen LogP contribution is -2.35. The van der Waals surface area contributed by atoms with Gasteiger partial charge in [0.05, 0.1) is 0 Å². The molecule has 1 aliphatic heterocycles. The van der Waals surface area contributed by atoms with Crippen molar-refractivity contribution in [3.8, 4) is 0 Å². The summed E-state index contributed by atoms with van der Waals surface area (Å²) in [6, 6.07) is 14.2. The van der Waals surface area contributed by atoms with Gasteiger partial charge in [-0.1, -0.05) is 28.1 Å². The van der Waals surface area contributed by atoms with Crippen LogP contribution in [0.25, 0.3) is 0 Å². The van der Waals surface area contributed by atoms with Crippen LogP contribution in [0, 0.1) is 0 Å². The van der Waals surface area contributed by atoms with Crippen LogP contribution in [0.2, 0.25) is 0 Å². The third-order valence-electron chi connectivity index (χ3n) is 3.92. The summed E-state index contributed by atoms with van der Waals surface area (Å²) in [5.74, 6) is 1.08. The smallest absolute Gasteiger partial charge is 0.258 e. The maximum atomic E-state index is 12.8. The topological polar surface area (TPSA) is 20.3 Å². The fourth-order valence-corrected chi connectivity index (χ4v) is 3.78. The predicted molar refractivity (Wildman–Crippen MR) is 97.8 cm³/mol. The normalized spacial score (nSPS) is 13.8. The summed E-state index contributed by atoms with van der Waals surface area (Å²) in [5.41, 5.74) is 4.31. The van der Waals surface area contributed by atoms with E-state index in [4.69, 9.17) is 0 Å². The van der Waals surface area contributed by atoms with E-state index in [1.807, 2.05) is 29.2 Å². The van der Waals surface area contributed by atoms with Crippen LogP contribution in [0.4, 0.5) is 5.69 Å². The number of benzene rings is 2. The molecule has 1 heterocycles. The van der Waals surface area contributed by atoms with Gasteiger partial charge in [-0.2, -0.15) is 11.8 Å². The quantitative estimate of drug-likeness (QED) is 0.759.